The van der Waals surface area contributed by atoms with E-state index < -0.39 is 11.6 Å². The molecule has 0 bridgehead atoms. The van der Waals surface area contributed by atoms with Crippen LogP contribution in [-0.2, 0) is 6.42 Å². The first-order valence-corrected chi connectivity index (χ1v) is 5.95. The summed E-state index contributed by atoms with van der Waals surface area (Å²) in [6, 6.07) is 10.6. The van der Waals surface area contributed by atoms with Crippen LogP contribution in [0.15, 0.2) is 36.4 Å². The van der Waals surface area contributed by atoms with Gasteiger partial charge in [0.2, 0.25) is 0 Å². The maximum absolute atomic E-state index is 13.3. The van der Waals surface area contributed by atoms with E-state index in [2.05, 4.69) is 4.98 Å². The molecule has 0 aliphatic heterocycles. The Bertz CT molecular complexity index is 547. The zero-order chi connectivity index (χ0) is 13.7. The van der Waals surface area contributed by atoms with Gasteiger partial charge in [-0.05, 0) is 18.4 Å². The summed E-state index contributed by atoms with van der Waals surface area (Å²) in [6.07, 6.45) is 1.53. The Labute approximate surface area is 110 Å². The lowest BCUT2D eigenvalue weighted by molar-refractivity contribution is 0.282. The normalized spacial score (nSPS) is 10.4. The number of hydrogen-bond donors (Lipinski definition) is 1. The standard InChI is InChI=1S/C14H14F2N2O/c15-11-9-12(16)14(18-13(11)17)19-8-4-7-10-5-2-1-3-6-10/h1-3,5-6,9H,4,7-8H2,(H2,17,18). The molecule has 1 heterocycles. The lowest BCUT2D eigenvalue weighted by Crippen LogP contribution is -2.05. The molecule has 5 heteroatoms. The SMILES string of the molecule is Nc1nc(OCCCc2ccccc2)c(F)cc1F. The van der Waals surface area contributed by atoms with Crippen molar-refractivity contribution in [3.8, 4) is 5.88 Å². The monoisotopic (exact) mass is 264 g/mol. The van der Waals surface area contributed by atoms with E-state index in [0.29, 0.717) is 19.1 Å². The first-order chi connectivity index (χ1) is 9.16. The summed E-state index contributed by atoms with van der Waals surface area (Å²) in [5.74, 6) is -2.34. The van der Waals surface area contributed by atoms with E-state index in [-0.39, 0.29) is 11.7 Å². The van der Waals surface area contributed by atoms with Gasteiger partial charge >= 0.3 is 0 Å². The summed E-state index contributed by atoms with van der Waals surface area (Å²) in [6.45, 7) is 0.296. The molecular weight excluding hydrogens is 250 g/mol. The minimum absolute atomic E-state index is 0.257. The fraction of sp³-hybridized carbons (Fsp3) is 0.214. The molecule has 19 heavy (non-hydrogen) atoms. The number of nitrogen functional groups attached to an aromatic ring is 1. The van der Waals surface area contributed by atoms with Gasteiger partial charge in [0.05, 0.1) is 6.61 Å². The Kier molecular flexibility index (Phi) is 4.28. The molecule has 0 saturated carbocycles. The molecule has 1 aromatic heterocycles. The van der Waals surface area contributed by atoms with Crippen molar-refractivity contribution >= 4 is 5.82 Å². The fourth-order valence-electron chi connectivity index (χ4n) is 1.65. The van der Waals surface area contributed by atoms with Gasteiger partial charge in [-0.1, -0.05) is 30.3 Å². The number of rotatable bonds is 5. The maximum Gasteiger partial charge on any atom is 0.252 e. The van der Waals surface area contributed by atoms with Crippen molar-refractivity contribution in [2.45, 2.75) is 12.8 Å². The van der Waals surface area contributed by atoms with Gasteiger partial charge in [0.15, 0.2) is 17.5 Å². The minimum atomic E-state index is -0.880. The molecule has 0 aliphatic carbocycles. The van der Waals surface area contributed by atoms with Crippen molar-refractivity contribution in [3.63, 3.8) is 0 Å². The second kappa shape index (κ2) is 6.13. The molecule has 0 aliphatic rings. The average molecular weight is 264 g/mol. The van der Waals surface area contributed by atoms with Crippen LogP contribution in [0.2, 0.25) is 0 Å². The van der Waals surface area contributed by atoms with E-state index in [0.717, 1.165) is 6.42 Å². The molecule has 0 atom stereocenters. The molecular formula is C14H14F2N2O. The van der Waals surface area contributed by atoms with Gasteiger partial charge < -0.3 is 10.5 Å². The number of halogens is 2. The topological polar surface area (TPSA) is 48.1 Å². The van der Waals surface area contributed by atoms with Crippen molar-refractivity contribution in [3.05, 3.63) is 53.6 Å². The van der Waals surface area contributed by atoms with Crippen LogP contribution in [0.3, 0.4) is 0 Å². The van der Waals surface area contributed by atoms with Crippen molar-refractivity contribution in [1.82, 2.24) is 4.98 Å². The zero-order valence-electron chi connectivity index (χ0n) is 10.3. The lowest BCUT2D eigenvalue weighted by atomic mass is 10.1. The second-order valence-electron chi connectivity index (χ2n) is 4.08. The summed E-state index contributed by atoms with van der Waals surface area (Å²) in [5, 5.41) is 0. The first kappa shape index (κ1) is 13.3. The third-order valence-electron chi connectivity index (χ3n) is 2.62. The number of aryl methyl sites for hydroxylation is 1. The number of nitrogens with two attached hydrogens (primary N) is 1. The Morgan fingerprint density at radius 3 is 2.58 bits per heavy atom. The fourth-order valence-corrected chi connectivity index (χ4v) is 1.65. The predicted molar refractivity (Wildman–Crippen MR) is 68.8 cm³/mol. The molecule has 0 unspecified atom stereocenters. The summed E-state index contributed by atoms with van der Waals surface area (Å²) < 4.78 is 31.3. The van der Waals surface area contributed by atoms with E-state index >= 15 is 0 Å². The molecule has 1 aromatic carbocycles. The van der Waals surface area contributed by atoms with E-state index in [1.807, 2.05) is 30.3 Å². The highest BCUT2D eigenvalue weighted by atomic mass is 19.1. The highest BCUT2D eigenvalue weighted by molar-refractivity contribution is 5.34. The third-order valence-corrected chi connectivity index (χ3v) is 2.62. The smallest absolute Gasteiger partial charge is 0.252 e. The predicted octanol–water partition coefficient (Wildman–Crippen LogP) is 2.95. The van der Waals surface area contributed by atoms with Crippen molar-refractivity contribution in [2.75, 3.05) is 12.3 Å². The van der Waals surface area contributed by atoms with Crippen LogP contribution in [0.1, 0.15) is 12.0 Å². The summed E-state index contributed by atoms with van der Waals surface area (Å²) >= 11 is 0. The zero-order valence-corrected chi connectivity index (χ0v) is 10.3. The molecule has 0 spiro atoms. The quantitative estimate of drug-likeness (QED) is 0.845. The number of anilines is 1. The van der Waals surface area contributed by atoms with Gasteiger partial charge in [0.1, 0.15) is 0 Å². The second-order valence-corrected chi connectivity index (χ2v) is 4.08. The molecule has 100 valence electrons. The van der Waals surface area contributed by atoms with Crippen molar-refractivity contribution in [2.24, 2.45) is 0 Å². The highest BCUT2D eigenvalue weighted by Gasteiger charge is 2.10. The molecule has 0 amide bonds. The van der Waals surface area contributed by atoms with E-state index in [4.69, 9.17) is 10.5 Å². The average Bonchev–Trinajstić information content (AvgIpc) is 2.41. The van der Waals surface area contributed by atoms with Gasteiger partial charge in [-0.25, -0.2) is 8.78 Å². The Morgan fingerprint density at radius 2 is 1.84 bits per heavy atom. The van der Waals surface area contributed by atoms with E-state index in [1.54, 1.807) is 0 Å². The molecule has 2 aromatic rings. The Hall–Kier alpha value is -2.17. The van der Waals surface area contributed by atoms with Crippen LogP contribution in [0.25, 0.3) is 0 Å². The van der Waals surface area contributed by atoms with Crippen molar-refractivity contribution < 1.29 is 13.5 Å². The first-order valence-electron chi connectivity index (χ1n) is 5.95. The van der Waals surface area contributed by atoms with Gasteiger partial charge in [0.25, 0.3) is 5.88 Å². The van der Waals surface area contributed by atoms with Crippen LogP contribution < -0.4 is 10.5 Å². The van der Waals surface area contributed by atoms with Gasteiger partial charge in [-0.15, -0.1) is 0 Å². The van der Waals surface area contributed by atoms with Crippen LogP contribution in [-0.4, -0.2) is 11.6 Å². The van der Waals surface area contributed by atoms with Crippen LogP contribution >= 0.6 is 0 Å². The van der Waals surface area contributed by atoms with Crippen LogP contribution in [0.5, 0.6) is 5.88 Å². The summed E-state index contributed by atoms with van der Waals surface area (Å²) in [4.78, 5) is 3.52. The number of ether oxygens (including phenoxy) is 1. The third kappa shape index (κ3) is 3.64. The minimum Gasteiger partial charge on any atom is -0.476 e. The summed E-state index contributed by atoms with van der Waals surface area (Å²) in [7, 11) is 0. The number of nitrogens with zero attached hydrogens (tertiary/aromatic N) is 1. The van der Waals surface area contributed by atoms with E-state index in [1.165, 1.54) is 5.56 Å². The van der Waals surface area contributed by atoms with E-state index in [9.17, 15) is 8.78 Å². The Balaban J connectivity index is 1.85. The highest BCUT2D eigenvalue weighted by Crippen LogP contribution is 2.18. The number of hydrogen-bond acceptors (Lipinski definition) is 3. The largest absolute Gasteiger partial charge is 0.476 e. The maximum atomic E-state index is 13.3. The number of benzene rings is 1. The molecule has 0 saturated heterocycles. The molecule has 2 rings (SSSR count). The molecule has 0 radical (unpaired) electrons. The summed E-state index contributed by atoms with van der Waals surface area (Å²) in [5.41, 5.74) is 6.43. The van der Waals surface area contributed by atoms with Crippen molar-refractivity contribution in [1.29, 1.82) is 0 Å². The van der Waals surface area contributed by atoms with Crippen LogP contribution in [0, 0.1) is 11.6 Å². The van der Waals surface area contributed by atoms with Gasteiger partial charge in [-0.2, -0.15) is 4.98 Å². The molecule has 2 N–H and O–H groups in total. The molecule has 3 nitrogen and oxygen atoms in total. The number of aromatic nitrogens is 1. The van der Waals surface area contributed by atoms with Gasteiger partial charge in [-0.3, -0.25) is 0 Å². The van der Waals surface area contributed by atoms with Crippen LogP contribution in [0.4, 0.5) is 14.6 Å². The molecule has 0 fully saturated rings. The number of pyridine rings is 1. The lowest BCUT2D eigenvalue weighted by Gasteiger charge is -2.07. The van der Waals surface area contributed by atoms with Gasteiger partial charge in [0, 0.05) is 6.07 Å². The Morgan fingerprint density at radius 1 is 1.11 bits per heavy atom.